The van der Waals surface area contributed by atoms with Gasteiger partial charge in [-0.15, -0.1) is 0 Å². The molecule has 1 aliphatic heterocycles. The smallest absolute Gasteiger partial charge is 0.410 e. The van der Waals surface area contributed by atoms with Crippen LogP contribution in [0.4, 0.5) is 9.18 Å². The summed E-state index contributed by atoms with van der Waals surface area (Å²) in [4.78, 5) is 14.0. The van der Waals surface area contributed by atoms with Crippen LogP contribution in [-0.4, -0.2) is 42.3 Å². The summed E-state index contributed by atoms with van der Waals surface area (Å²) in [6, 6.07) is 5.77. The van der Waals surface area contributed by atoms with Gasteiger partial charge in [-0.05, 0) is 88.6 Å². The van der Waals surface area contributed by atoms with Crippen LogP contribution in [0.25, 0.3) is 0 Å². The van der Waals surface area contributed by atoms with Crippen LogP contribution in [0.15, 0.2) is 18.2 Å². The standard InChI is InChI=1S/C22H31FN2O2/c1-21(2,3)27-20(26)25-10-7-15(8-11-25)14-24-19-13-22(19)9-6-16-4-5-17(23)12-18(16)22/h4-5,12,15,19,24H,6-11,13-14H2,1-3H3. The van der Waals surface area contributed by atoms with E-state index >= 15 is 0 Å². The fourth-order valence-electron chi connectivity index (χ4n) is 4.82. The number of rotatable bonds is 3. The molecule has 1 spiro atoms. The van der Waals surface area contributed by atoms with Crippen LogP contribution in [-0.2, 0) is 16.6 Å². The molecule has 1 saturated carbocycles. The summed E-state index contributed by atoms with van der Waals surface area (Å²) in [6.45, 7) is 8.23. The lowest BCUT2D eigenvalue weighted by Crippen LogP contribution is -2.43. The highest BCUT2D eigenvalue weighted by molar-refractivity contribution is 5.68. The molecule has 1 N–H and O–H groups in total. The Balaban J connectivity index is 1.25. The molecule has 4 rings (SSSR count). The molecule has 0 bridgehead atoms. The highest BCUT2D eigenvalue weighted by Crippen LogP contribution is 2.56. The molecular weight excluding hydrogens is 343 g/mol. The monoisotopic (exact) mass is 374 g/mol. The molecule has 27 heavy (non-hydrogen) atoms. The second-order valence-corrected chi connectivity index (χ2v) is 9.53. The van der Waals surface area contributed by atoms with Crippen LogP contribution in [0.1, 0.15) is 57.6 Å². The van der Waals surface area contributed by atoms with Gasteiger partial charge in [-0.2, -0.15) is 0 Å². The summed E-state index contributed by atoms with van der Waals surface area (Å²) in [6.07, 6.45) is 5.16. The molecule has 1 aromatic carbocycles. The third-order valence-electron chi connectivity index (χ3n) is 6.44. The van der Waals surface area contributed by atoms with E-state index in [1.165, 1.54) is 11.1 Å². The van der Waals surface area contributed by atoms with Gasteiger partial charge < -0.3 is 15.0 Å². The molecule has 2 atom stereocenters. The van der Waals surface area contributed by atoms with Crippen molar-refractivity contribution in [3.05, 3.63) is 35.1 Å². The van der Waals surface area contributed by atoms with Gasteiger partial charge >= 0.3 is 6.09 Å². The van der Waals surface area contributed by atoms with Crippen LogP contribution in [0, 0.1) is 11.7 Å². The van der Waals surface area contributed by atoms with Crippen LogP contribution in [0.3, 0.4) is 0 Å². The Bertz CT molecular complexity index is 722. The average molecular weight is 375 g/mol. The Morgan fingerprint density at radius 3 is 2.78 bits per heavy atom. The van der Waals surface area contributed by atoms with E-state index in [4.69, 9.17) is 4.74 Å². The predicted octanol–water partition coefficient (Wildman–Crippen LogP) is 4.02. The van der Waals surface area contributed by atoms with Crippen molar-refractivity contribution >= 4 is 6.09 Å². The van der Waals surface area contributed by atoms with Gasteiger partial charge in [0.1, 0.15) is 11.4 Å². The van der Waals surface area contributed by atoms with Gasteiger partial charge in [0.15, 0.2) is 0 Å². The topological polar surface area (TPSA) is 41.6 Å². The molecule has 1 heterocycles. The minimum absolute atomic E-state index is 0.116. The Morgan fingerprint density at radius 1 is 1.33 bits per heavy atom. The van der Waals surface area contributed by atoms with Gasteiger partial charge in [-0.25, -0.2) is 9.18 Å². The van der Waals surface area contributed by atoms with Crippen LogP contribution in [0.5, 0.6) is 0 Å². The lowest BCUT2D eigenvalue weighted by atomic mass is 9.95. The number of carbonyl (C=O) groups excluding carboxylic acids is 1. The van der Waals surface area contributed by atoms with E-state index in [-0.39, 0.29) is 17.3 Å². The van der Waals surface area contributed by atoms with Crippen LogP contribution >= 0.6 is 0 Å². The van der Waals surface area contributed by atoms with Gasteiger partial charge in [0.05, 0.1) is 0 Å². The molecule has 4 nitrogen and oxygen atoms in total. The zero-order valence-corrected chi connectivity index (χ0v) is 16.7. The van der Waals surface area contributed by atoms with Gasteiger partial charge in [-0.1, -0.05) is 6.07 Å². The summed E-state index contributed by atoms with van der Waals surface area (Å²) in [5, 5.41) is 3.74. The van der Waals surface area contributed by atoms with Gasteiger partial charge in [0.25, 0.3) is 0 Å². The zero-order chi connectivity index (χ0) is 19.2. The third kappa shape index (κ3) is 3.84. The number of ether oxygens (including phenoxy) is 1. The summed E-state index contributed by atoms with van der Waals surface area (Å²) in [7, 11) is 0. The second kappa shape index (κ2) is 6.77. The molecule has 1 saturated heterocycles. The van der Waals surface area contributed by atoms with Crippen LogP contribution < -0.4 is 5.32 Å². The minimum Gasteiger partial charge on any atom is -0.444 e. The summed E-state index contributed by atoms with van der Waals surface area (Å²) in [5.74, 6) is 0.477. The molecule has 0 aromatic heterocycles. The van der Waals surface area contributed by atoms with E-state index in [1.54, 1.807) is 12.1 Å². The molecule has 148 valence electrons. The Morgan fingerprint density at radius 2 is 2.07 bits per heavy atom. The molecule has 0 radical (unpaired) electrons. The highest BCUT2D eigenvalue weighted by atomic mass is 19.1. The zero-order valence-electron chi connectivity index (χ0n) is 16.7. The number of benzene rings is 1. The third-order valence-corrected chi connectivity index (χ3v) is 6.44. The molecule has 1 amide bonds. The molecule has 2 fully saturated rings. The number of fused-ring (bicyclic) bond motifs is 2. The Labute approximate surface area is 161 Å². The quantitative estimate of drug-likeness (QED) is 0.869. The first-order chi connectivity index (χ1) is 12.8. The van der Waals surface area contributed by atoms with Crippen molar-refractivity contribution < 1.29 is 13.9 Å². The molecule has 2 aliphatic carbocycles. The first-order valence-corrected chi connectivity index (χ1v) is 10.3. The molecule has 5 heteroatoms. The Hall–Kier alpha value is -1.62. The SMILES string of the molecule is CC(C)(C)OC(=O)N1CCC(CNC2CC23CCc2ccc(F)cc23)CC1. The Kier molecular flexibility index (Phi) is 4.69. The summed E-state index contributed by atoms with van der Waals surface area (Å²) >= 11 is 0. The summed E-state index contributed by atoms with van der Waals surface area (Å²) < 4.78 is 19.1. The minimum atomic E-state index is -0.438. The molecule has 2 unspecified atom stereocenters. The van der Waals surface area contributed by atoms with Crippen molar-refractivity contribution in [3.8, 4) is 0 Å². The van der Waals surface area contributed by atoms with Gasteiger partial charge in [-0.3, -0.25) is 0 Å². The number of nitrogens with zero attached hydrogens (tertiary/aromatic N) is 1. The van der Waals surface area contributed by atoms with E-state index in [9.17, 15) is 9.18 Å². The van der Waals surface area contributed by atoms with Crippen molar-refractivity contribution in [1.29, 1.82) is 0 Å². The van der Waals surface area contributed by atoms with Crippen molar-refractivity contribution in [1.82, 2.24) is 10.2 Å². The van der Waals surface area contributed by atoms with Gasteiger partial charge in [0.2, 0.25) is 0 Å². The van der Waals surface area contributed by atoms with E-state index in [0.29, 0.717) is 12.0 Å². The number of halogens is 1. The fourth-order valence-corrected chi connectivity index (χ4v) is 4.82. The van der Waals surface area contributed by atoms with Gasteiger partial charge in [0, 0.05) is 24.5 Å². The maximum Gasteiger partial charge on any atom is 0.410 e. The predicted molar refractivity (Wildman–Crippen MR) is 103 cm³/mol. The average Bonchev–Trinajstić information content (AvgIpc) is 3.20. The molecular formula is C22H31FN2O2. The fraction of sp³-hybridized carbons (Fsp3) is 0.682. The van der Waals surface area contributed by atoms with E-state index < -0.39 is 5.60 Å². The van der Waals surface area contributed by atoms with Crippen molar-refractivity contribution in [3.63, 3.8) is 0 Å². The number of hydrogen-bond donors (Lipinski definition) is 1. The highest BCUT2D eigenvalue weighted by Gasteiger charge is 2.57. The number of carbonyl (C=O) groups is 1. The molecule has 3 aliphatic rings. The first-order valence-electron chi connectivity index (χ1n) is 10.3. The number of hydrogen-bond acceptors (Lipinski definition) is 3. The van der Waals surface area contributed by atoms with E-state index in [1.807, 2.05) is 31.7 Å². The number of nitrogens with one attached hydrogen (secondary N) is 1. The largest absolute Gasteiger partial charge is 0.444 e. The number of likely N-dealkylation sites (tertiary alicyclic amines) is 1. The maximum atomic E-state index is 13.7. The second-order valence-electron chi connectivity index (χ2n) is 9.53. The van der Waals surface area contributed by atoms with Crippen molar-refractivity contribution in [2.45, 2.75) is 69.9 Å². The number of piperidine rings is 1. The lowest BCUT2D eigenvalue weighted by molar-refractivity contribution is 0.0184. The lowest BCUT2D eigenvalue weighted by Gasteiger charge is -2.33. The first kappa shape index (κ1) is 18.7. The maximum absolute atomic E-state index is 13.7. The number of aryl methyl sites for hydroxylation is 1. The van der Waals surface area contributed by atoms with Crippen molar-refractivity contribution in [2.24, 2.45) is 5.92 Å². The van der Waals surface area contributed by atoms with Crippen LogP contribution in [0.2, 0.25) is 0 Å². The van der Waals surface area contributed by atoms with Crippen molar-refractivity contribution in [2.75, 3.05) is 19.6 Å². The summed E-state index contributed by atoms with van der Waals surface area (Å²) in [5.41, 5.74) is 2.30. The van der Waals surface area contributed by atoms with E-state index in [2.05, 4.69) is 5.32 Å². The van der Waals surface area contributed by atoms with E-state index in [0.717, 1.165) is 51.7 Å². The molecule has 1 aromatic rings. The number of amides is 1. The normalized spacial score (nSPS) is 27.7.